The van der Waals surface area contributed by atoms with Gasteiger partial charge in [0.25, 0.3) is 0 Å². The second-order valence-corrected chi connectivity index (χ2v) is 4.90. The normalized spacial score (nSPS) is 10.5. The number of hydrogen-bond donors (Lipinski definition) is 0. The number of rotatable bonds is 4. The molecule has 0 saturated carbocycles. The molecule has 0 aliphatic heterocycles. The van der Waals surface area contributed by atoms with Gasteiger partial charge in [0.2, 0.25) is 5.16 Å². The van der Waals surface area contributed by atoms with Crippen molar-refractivity contribution in [2.75, 3.05) is 5.75 Å². The zero-order valence-electron chi connectivity index (χ0n) is 9.92. The summed E-state index contributed by atoms with van der Waals surface area (Å²) >= 11 is 1.59. The maximum atomic E-state index is 4.02. The Morgan fingerprint density at radius 3 is 3.00 bits per heavy atom. The van der Waals surface area contributed by atoms with E-state index in [0.29, 0.717) is 0 Å². The third-order valence-corrected chi connectivity index (χ3v) is 3.28. The quantitative estimate of drug-likeness (QED) is 0.614. The van der Waals surface area contributed by atoms with Crippen molar-refractivity contribution in [3.63, 3.8) is 0 Å². The van der Waals surface area contributed by atoms with Gasteiger partial charge in [-0.2, -0.15) is 4.68 Å². The second-order valence-electron chi connectivity index (χ2n) is 3.96. The maximum absolute atomic E-state index is 4.02. The number of nitrogens with zero attached hydrogens (tertiary/aromatic N) is 4. The SMILES string of the molecule is C=C(C)CSc1nnnn1-c1cccc(C)c1. The lowest BCUT2D eigenvalue weighted by atomic mass is 10.2. The van der Waals surface area contributed by atoms with Crippen LogP contribution < -0.4 is 0 Å². The van der Waals surface area contributed by atoms with Crippen LogP contribution >= 0.6 is 11.8 Å². The Morgan fingerprint density at radius 2 is 2.29 bits per heavy atom. The highest BCUT2D eigenvalue weighted by atomic mass is 32.2. The monoisotopic (exact) mass is 246 g/mol. The highest BCUT2D eigenvalue weighted by Crippen LogP contribution is 2.20. The number of thioether (sulfide) groups is 1. The van der Waals surface area contributed by atoms with Gasteiger partial charge in [-0.15, -0.1) is 5.10 Å². The Kier molecular flexibility index (Phi) is 3.58. The average molecular weight is 246 g/mol. The van der Waals surface area contributed by atoms with E-state index in [1.807, 2.05) is 19.1 Å². The van der Waals surface area contributed by atoms with Gasteiger partial charge in [0.15, 0.2) is 0 Å². The largest absolute Gasteiger partial charge is 0.214 e. The maximum Gasteiger partial charge on any atom is 0.214 e. The zero-order valence-corrected chi connectivity index (χ0v) is 10.7. The van der Waals surface area contributed by atoms with Crippen LogP contribution in [0.5, 0.6) is 0 Å². The molecule has 4 nitrogen and oxygen atoms in total. The number of aryl methyl sites for hydroxylation is 1. The molecule has 0 atom stereocenters. The molecule has 2 aromatic rings. The van der Waals surface area contributed by atoms with Gasteiger partial charge in [-0.25, -0.2) is 0 Å². The molecule has 0 amide bonds. The van der Waals surface area contributed by atoms with Gasteiger partial charge in [0.1, 0.15) is 0 Å². The number of hydrogen-bond acceptors (Lipinski definition) is 4. The minimum atomic E-state index is 0.790. The van der Waals surface area contributed by atoms with Crippen LogP contribution in [0.2, 0.25) is 0 Å². The fourth-order valence-corrected chi connectivity index (χ4v) is 2.11. The molecule has 0 fully saturated rings. The van der Waals surface area contributed by atoms with E-state index in [1.165, 1.54) is 5.56 Å². The molecule has 0 aliphatic rings. The molecule has 88 valence electrons. The van der Waals surface area contributed by atoms with Gasteiger partial charge in [0.05, 0.1) is 5.69 Å². The lowest BCUT2D eigenvalue weighted by molar-refractivity contribution is 0.756. The Bertz CT molecular complexity index is 533. The van der Waals surface area contributed by atoms with Gasteiger partial charge in [-0.1, -0.05) is 36.0 Å². The minimum Gasteiger partial charge on any atom is -0.187 e. The summed E-state index contributed by atoms with van der Waals surface area (Å²) < 4.78 is 1.75. The first kappa shape index (κ1) is 11.9. The summed E-state index contributed by atoms with van der Waals surface area (Å²) in [4.78, 5) is 0. The number of aromatic nitrogens is 4. The Hall–Kier alpha value is -1.62. The van der Waals surface area contributed by atoms with Crippen LogP contribution in [0.1, 0.15) is 12.5 Å². The van der Waals surface area contributed by atoms with Crippen molar-refractivity contribution in [3.05, 3.63) is 42.0 Å². The van der Waals surface area contributed by atoms with Crippen molar-refractivity contribution in [1.29, 1.82) is 0 Å². The molecule has 1 heterocycles. The van der Waals surface area contributed by atoms with Crippen molar-refractivity contribution in [3.8, 4) is 5.69 Å². The summed E-state index contributed by atoms with van der Waals surface area (Å²) in [5.74, 6) is 0.826. The molecular weight excluding hydrogens is 232 g/mol. The van der Waals surface area contributed by atoms with Crippen molar-refractivity contribution >= 4 is 11.8 Å². The molecule has 5 heteroatoms. The molecule has 0 spiro atoms. The number of tetrazole rings is 1. The number of benzene rings is 1. The third-order valence-electron chi connectivity index (χ3n) is 2.13. The van der Waals surface area contributed by atoms with Crippen LogP contribution in [0, 0.1) is 6.92 Å². The first-order valence-electron chi connectivity index (χ1n) is 5.29. The minimum absolute atomic E-state index is 0.790. The van der Waals surface area contributed by atoms with Crippen molar-refractivity contribution < 1.29 is 0 Å². The lowest BCUT2D eigenvalue weighted by Gasteiger charge is -2.04. The van der Waals surface area contributed by atoms with Gasteiger partial charge in [-0.05, 0) is 42.0 Å². The molecule has 1 aromatic carbocycles. The molecule has 0 radical (unpaired) electrons. The summed E-state index contributed by atoms with van der Waals surface area (Å²) in [5, 5.41) is 12.5. The van der Waals surface area contributed by atoms with E-state index in [2.05, 4.69) is 41.2 Å². The van der Waals surface area contributed by atoms with Crippen LogP contribution in [0.3, 0.4) is 0 Å². The fourth-order valence-electron chi connectivity index (χ4n) is 1.38. The van der Waals surface area contributed by atoms with Gasteiger partial charge < -0.3 is 0 Å². The van der Waals surface area contributed by atoms with E-state index in [-0.39, 0.29) is 0 Å². The Labute approximate surface area is 105 Å². The molecule has 2 rings (SSSR count). The van der Waals surface area contributed by atoms with Crippen molar-refractivity contribution in [1.82, 2.24) is 20.2 Å². The molecule has 1 aromatic heterocycles. The summed E-state index contributed by atoms with van der Waals surface area (Å²) in [6.07, 6.45) is 0. The summed E-state index contributed by atoms with van der Waals surface area (Å²) in [6.45, 7) is 7.92. The second kappa shape index (κ2) is 5.14. The van der Waals surface area contributed by atoms with Crippen LogP contribution in [0.25, 0.3) is 5.69 Å². The molecule has 17 heavy (non-hydrogen) atoms. The topological polar surface area (TPSA) is 43.6 Å². The average Bonchev–Trinajstić information content (AvgIpc) is 2.74. The zero-order chi connectivity index (χ0) is 12.3. The van der Waals surface area contributed by atoms with E-state index in [0.717, 1.165) is 22.2 Å². The first-order valence-corrected chi connectivity index (χ1v) is 6.28. The van der Waals surface area contributed by atoms with E-state index in [1.54, 1.807) is 16.4 Å². The van der Waals surface area contributed by atoms with Crippen LogP contribution in [-0.4, -0.2) is 26.0 Å². The van der Waals surface area contributed by atoms with Crippen LogP contribution in [-0.2, 0) is 0 Å². The highest BCUT2D eigenvalue weighted by molar-refractivity contribution is 7.99. The fraction of sp³-hybridized carbons (Fsp3) is 0.250. The molecule has 0 aliphatic carbocycles. The van der Waals surface area contributed by atoms with Crippen LogP contribution in [0.4, 0.5) is 0 Å². The van der Waals surface area contributed by atoms with Crippen molar-refractivity contribution in [2.24, 2.45) is 0 Å². The van der Waals surface area contributed by atoms with Crippen LogP contribution in [0.15, 0.2) is 41.6 Å². The molecular formula is C12H14N4S. The summed E-state index contributed by atoms with van der Waals surface area (Å²) in [6, 6.07) is 8.10. The van der Waals surface area contributed by atoms with Gasteiger partial charge in [-0.3, -0.25) is 0 Å². The molecule has 0 bridgehead atoms. The summed E-state index contributed by atoms with van der Waals surface area (Å²) in [5.41, 5.74) is 3.28. The summed E-state index contributed by atoms with van der Waals surface area (Å²) in [7, 11) is 0. The van der Waals surface area contributed by atoms with E-state index >= 15 is 0 Å². The first-order chi connectivity index (χ1) is 8.16. The molecule has 0 unspecified atom stereocenters. The third kappa shape index (κ3) is 2.94. The van der Waals surface area contributed by atoms with Gasteiger partial charge in [0, 0.05) is 5.75 Å². The molecule has 0 saturated heterocycles. The van der Waals surface area contributed by atoms with Crippen molar-refractivity contribution in [2.45, 2.75) is 19.0 Å². The Morgan fingerprint density at radius 1 is 1.47 bits per heavy atom. The van der Waals surface area contributed by atoms with E-state index < -0.39 is 0 Å². The lowest BCUT2D eigenvalue weighted by Crippen LogP contribution is -1.99. The van der Waals surface area contributed by atoms with Gasteiger partial charge >= 0.3 is 0 Å². The predicted octanol–water partition coefficient (Wildman–Crippen LogP) is 2.64. The predicted molar refractivity (Wildman–Crippen MR) is 69.4 cm³/mol. The molecule has 0 N–H and O–H groups in total. The smallest absolute Gasteiger partial charge is 0.187 e. The van der Waals surface area contributed by atoms with E-state index in [4.69, 9.17) is 0 Å². The standard InChI is InChI=1S/C12H14N4S/c1-9(2)8-17-12-13-14-15-16(12)11-6-4-5-10(3)7-11/h4-7H,1,8H2,2-3H3. The Balaban J connectivity index is 2.27. The van der Waals surface area contributed by atoms with E-state index in [9.17, 15) is 0 Å². The highest BCUT2D eigenvalue weighted by Gasteiger charge is 2.08.